The van der Waals surface area contributed by atoms with Crippen LogP contribution in [0.4, 0.5) is 0 Å². The number of hydrogen-bond donors (Lipinski definition) is 1. The first-order valence-corrected chi connectivity index (χ1v) is 6.19. The fourth-order valence-corrected chi connectivity index (χ4v) is 2.42. The van der Waals surface area contributed by atoms with Gasteiger partial charge in [-0.2, -0.15) is 12.6 Å². The minimum absolute atomic E-state index is 0.281. The summed E-state index contributed by atoms with van der Waals surface area (Å²) in [6.07, 6.45) is 4.15. The van der Waals surface area contributed by atoms with Gasteiger partial charge in [0.05, 0.1) is 0 Å². The maximum atomic E-state index is 11.6. The molecule has 0 aromatic rings. The second-order valence-corrected chi connectivity index (χ2v) is 4.69. The molecule has 1 rings (SSSR count). The molecule has 0 spiro atoms. The lowest BCUT2D eigenvalue weighted by Crippen LogP contribution is -2.31. The topological polar surface area (TPSA) is 20.3 Å². The van der Waals surface area contributed by atoms with E-state index >= 15 is 0 Å². The maximum Gasteiger partial charge on any atom is 0.223 e. The largest absolute Gasteiger partial charge is 0.342 e. The number of carbonyl (C=O) groups is 1. The van der Waals surface area contributed by atoms with Crippen LogP contribution in [0.15, 0.2) is 0 Å². The van der Waals surface area contributed by atoms with E-state index in [4.69, 9.17) is 0 Å². The van der Waals surface area contributed by atoms with Crippen LogP contribution in [0.3, 0.4) is 0 Å². The summed E-state index contributed by atoms with van der Waals surface area (Å²) in [6.45, 7) is 6.38. The molecular formula is C11H21NOS. The Morgan fingerprint density at radius 3 is 2.50 bits per heavy atom. The van der Waals surface area contributed by atoms with Crippen molar-refractivity contribution in [2.24, 2.45) is 5.41 Å². The number of nitrogens with zero attached hydrogens (tertiary/aromatic N) is 1. The third-order valence-electron chi connectivity index (χ3n) is 3.62. The van der Waals surface area contributed by atoms with Gasteiger partial charge in [0.2, 0.25) is 5.91 Å². The molecule has 14 heavy (non-hydrogen) atoms. The normalized spacial score (nSPS) is 20.1. The summed E-state index contributed by atoms with van der Waals surface area (Å²) < 4.78 is 0. The third kappa shape index (κ3) is 2.44. The molecule has 2 nitrogen and oxygen atoms in total. The lowest BCUT2D eigenvalue weighted by atomic mass is 9.82. The molecule has 1 amide bonds. The molecule has 1 heterocycles. The fourth-order valence-electron chi connectivity index (χ4n) is 2.23. The van der Waals surface area contributed by atoms with Crippen LogP contribution in [0.2, 0.25) is 0 Å². The minimum atomic E-state index is 0.281. The molecule has 1 fully saturated rings. The zero-order valence-electron chi connectivity index (χ0n) is 9.25. The predicted molar refractivity (Wildman–Crippen MR) is 62.7 cm³/mol. The zero-order valence-corrected chi connectivity index (χ0v) is 10.1. The number of hydrogen-bond acceptors (Lipinski definition) is 2. The van der Waals surface area contributed by atoms with Gasteiger partial charge in [-0.25, -0.2) is 0 Å². The van der Waals surface area contributed by atoms with Crippen molar-refractivity contribution in [3.05, 3.63) is 0 Å². The number of thiol groups is 1. The second kappa shape index (κ2) is 5.06. The van der Waals surface area contributed by atoms with Crippen molar-refractivity contribution >= 4 is 18.5 Å². The smallest absolute Gasteiger partial charge is 0.223 e. The SMILES string of the molecule is CCC1(CC)CCN(C(=O)CCS)C1. The quantitative estimate of drug-likeness (QED) is 0.714. The van der Waals surface area contributed by atoms with Gasteiger partial charge < -0.3 is 4.90 Å². The highest BCUT2D eigenvalue weighted by Crippen LogP contribution is 2.37. The molecule has 82 valence electrons. The third-order valence-corrected chi connectivity index (χ3v) is 3.84. The molecule has 0 bridgehead atoms. The van der Waals surface area contributed by atoms with E-state index in [0.29, 0.717) is 17.6 Å². The van der Waals surface area contributed by atoms with E-state index in [1.54, 1.807) is 0 Å². The highest BCUT2D eigenvalue weighted by atomic mass is 32.1. The summed E-state index contributed by atoms with van der Waals surface area (Å²) in [5.74, 6) is 0.949. The number of likely N-dealkylation sites (tertiary alicyclic amines) is 1. The molecule has 3 heteroatoms. The van der Waals surface area contributed by atoms with E-state index in [0.717, 1.165) is 13.1 Å². The summed E-state index contributed by atoms with van der Waals surface area (Å²) in [7, 11) is 0. The highest BCUT2D eigenvalue weighted by molar-refractivity contribution is 7.80. The van der Waals surface area contributed by atoms with Crippen molar-refractivity contribution in [1.82, 2.24) is 4.90 Å². The van der Waals surface area contributed by atoms with Gasteiger partial charge in [-0.1, -0.05) is 13.8 Å². The molecule has 0 unspecified atom stereocenters. The van der Waals surface area contributed by atoms with Crippen molar-refractivity contribution in [2.75, 3.05) is 18.8 Å². The van der Waals surface area contributed by atoms with Crippen LogP contribution in [-0.2, 0) is 4.79 Å². The van der Waals surface area contributed by atoms with Crippen LogP contribution in [-0.4, -0.2) is 29.6 Å². The monoisotopic (exact) mass is 215 g/mol. The van der Waals surface area contributed by atoms with Crippen LogP contribution < -0.4 is 0 Å². The van der Waals surface area contributed by atoms with Crippen LogP contribution in [0.1, 0.15) is 39.5 Å². The average Bonchev–Trinajstić information content (AvgIpc) is 2.63. The molecule has 1 aliphatic rings. The molecule has 0 aliphatic carbocycles. The van der Waals surface area contributed by atoms with Crippen molar-refractivity contribution in [3.8, 4) is 0 Å². The van der Waals surface area contributed by atoms with Gasteiger partial charge in [0, 0.05) is 19.5 Å². The Balaban J connectivity index is 2.51. The van der Waals surface area contributed by atoms with E-state index in [1.807, 2.05) is 4.90 Å². The van der Waals surface area contributed by atoms with Crippen molar-refractivity contribution < 1.29 is 4.79 Å². The average molecular weight is 215 g/mol. The Morgan fingerprint density at radius 1 is 1.43 bits per heavy atom. The van der Waals surface area contributed by atoms with E-state index in [9.17, 15) is 4.79 Å². The van der Waals surface area contributed by atoms with Crippen molar-refractivity contribution in [2.45, 2.75) is 39.5 Å². The Kier molecular flexibility index (Phi) is 4.30. The van der Waals surface area contributed by atoms with Gasteiger partial charge in [-0.15, -0.1) is 0 Å². The summed E-state index contributed by atoms with van der Waals surface area (Å²) in [6, 6.07) is 0. The highest BCUT2D eigenvalue weighted by Gasteiger charge is 2.36. The van der Waals surface area contributed by atoms with Crippen LogP contribution in [0.25, 0.3) is 0 Å². The van der Waals surface area contributed by atoms with Crippen molar-refractivity contribution in [1.29, 1.82) is 0 Å². The Bertz CT molecular complexity index is 201. The minimum Gasteiger partial charge on any atom is -0.342 e. The molecule has 0 radical (unpaired) electrons. The van der Waals surface area contributed by atoms with Gasteiger partial charge in [0.25, 0.3) is 0 Å². The van der Waals surface area contributed by atoms with Gasteiger partial charge in [0.15, 0.2) is 0 Å². The van der Waals surface area contributed by atoms with Gasteiger partial charge in [-0.05, 0) is 30.4 Å². The van der Waals surface area contributed by atoms with E-state index in [-0.39, 0.29) is 5.91 Å². The molecule has 1 aliphatic heterocycles. The summed E-state index contributed by atoms with van der Waals surface area (Å²) >= 11 is 4.09. The van der Waals surface area contributed by atoms with Crippen molar-refractivity contribution in [3.63, 3.8) is 0 Å². The van der Waals surface area contributed by atoms with Crippen LogP contribution in [0, 0.1) is 5.41 Å². The Labute approximate surface area is 92.5 Å². The molecule has 0 aromatic heterocycles. The predicted octanol–water partition coefficient (Wildman–Crippen LogP) is 2.35. The molecule has 0 N–H and O–H groups in total. The van der Waals surface area contributed by atoms with E-state index in [2.05, 4.69) is 26.5 Å². The summed E-state index contributed by atoms with van der Waals surface area (Å²) in [5.41, 5.74) is 0.409. The van der Waals surface area contributed by atoms with E-state index < -0.39 is 0 Å². The summed E-state index contributed by atoms with van der Waals surface area (Å²) in [5, 5.41) is 0. The lowest BCUT2D eigenvalue weighted by Gasteiger charge is -2.26. The van der Waals surface area contributed by atoms with Gasteiger partial charge in [-0.3, -0.25) is 4.79 Å². The molecule has 1 saturated heterocycles. The van der Waals surface area contributed by atoms with Gasteiger partial charge in [0.1, 0.15) is 0 Å². The molecular weight excluding hydrogens is 194 g/mol. The summed E-state index contributed by atoms with van der Waals surface area (Å²) in [4.78, 5) is 13.7. The number of amides is 1. The van der Waals surface area contributed by atoms with E-state index in [1.165, 1.54) is 19.3 Å². The fraction of sp³-hybridized carbons (Fsp3) is 0.909. The van der Waals surface area contributed by atoms with Crippen LogP contribution in [0.5, 0.6) is 0 Å². The molecule has 0 aromatic carbocycles. The van der Waals surface area contributed by atoms with Gasteiger partial charge >= 0.3 is 0 Å². The zero-order chi connectivity index (χ0) is 10.6. The molecule has 0 saturated carbocycles. The first kappa shape index (κ1) is 11.9. The first-order chi connectivity index (χ1) is 6.67. The second-order valence-electron chi connectivity index (χ2n) is 4.25. The standard InChI is InChI=1S/C11H21NOS/c1-3-11(4-2)6-7-12(9-11)10(13)5-8-14/h14H,3-9H2,1-2H3. The Hall–Kier alpha value is -0.180. The Morgan fingerprint density at radius 2 is 2.07 bits per heavy atom. The maximum absolute atomic E-state index is 11.6. The molecule has 0 atom stereocenters. The number of carbonyl (C=O) groups excluding carboxylic acids is 1. The van der Waals surface area contributed by atoms with Crippen LogP contribution >= 0.6 is 12.6 Å². The number of rotatable bonds is 4. The lowest BCUT2D eigenvalue weighted by molar-refractivity contribution is -0.130. The first-order valence-electron chi connectivity index (χ1n) is 5.56.